The minimum atomic E-state index is -0.573. The van der Waals surface area contributed by atoms with Gasteiger partial charge in [-0.15, -0.1) is 11.3 Å². The van der Waals surface area contributed by atoms with Crippen molar-refractivity contribution >= 4 is 40.0 Å². The third kappa shape index (κ3) is 3.04. The van der Waals surface area contributed by atoms with Crippen molar-refractivity contribution in [2.24, 2.45) is 5.73 Å². The van der Waals surface area contributed by atoms with Gasteiger partial charge in [-0.05, 0) is 5.56 Å². The van der Waals surface area contributed by atoms with Crippen LogP contribution >= 0.6 is 11.3 Å². The van der Waals surface area contributed by atoms with Crippen LogP contribution in [0.15, 0.2) is 0 Å². The molecule has 1 aromatic rings. The highest BCUT2D eigenvalue weighted by molar-refractivity contribution is 7.17. The quantitative estimate of drug-likeness (QED) is 0.573. The number of likely N-dealkylation sites (N-methyl/N-ethyl adjacent to an activating group) is 1. The van der Waals surface area contributed by atoms with Crippen LogP contribution in [0, 0.1) is 0 Å². The molecule has 3 heterocycles. The van der Waals surface area contributed by atoms with E-state index in [1.54, 1.807) is 0 Å². The molecule has 0 spiro atoms. The summed E-state index contributed by atoms with van der Waals surface area (Å²) in [6.45, 7) is 1.34. The first-order valence-electron chi connectivity index (χ1n) is 7.75. The average molecular weight is 351 g/mol. The predicted molar refractivity (Wildman–Crippen MR) is 86.6 cm³/mol. The number of nitrogens with one attached hydrogen (secondary N) is 2. The van der Waals surface area contributed by atoms with Crippen molar-refractivity contribution in [3.8, 4) is 0 Å². The third-order valence-corrected chi connectivity index (χ3v) is 5.46. The number of carbonyl (C=O) groups is 4. The third-order valence-electron chi connectivity index (χ3n) is 4.31. The molecule has 0 radical (unpaired) electrons. The number of likely N-dealkylation sites (tertiary alicyclic amines) is 1. The number of hydrogen-bond donors (Lipinski definition) is 3. The number of hydrogen-bond acceptors (Lipinski definition) is 5. The number of nitrogens with two attached hydrogens (primary N) is 1. The number of anilines is 1. The van der Waals surface area contributed by atoms with E-state index in [9.17, 15) is 19.2 Å². The Bertz CT molecular complexity index is 726. The van der Waals surface area contributed by atoms with Gasteiger partial charge in [-0.3, -0.25) is 24.1 Å². The van der Waals surface area contributed by atoms with Crippen LogP contribution in [-0.4, -0.2) is 48.7 Å². The SMILES string of the molecule is C[NH+]1CCc2c(sc(NC(=O)CN3C(=O)CCC3=O)c2C(N)=O)C1. The van der Waals surface area contributed by atoms with Gasteiger partial charge >= 0.3 is 0 Å². The summed E-state index contributed by atoms with van der Waals surface area (Å²) in [6.07, 6.45) is 1.01. The van der Waals surface area contributed by atoms with Gasteiger partial charge in [0.15, 0.2) is 0 Å². The lowest BCUT2D eigenvalue weighted by Crippen LogP contribution is -3.08. The standard InChI is InChI=1S/C15H18N4O4S/c1-18-5-4-8-9(6-18)24-15(13(8)14(16)23)17-10(20)7-19-11(21)2-3-12(19)22/h2-7H2,1H3,(H2,16,23)(H,17,20)/p+1. The lowest BCUT2D eigenvalue weighted by Gasteiger charge is -2.19. The van der Waals surface area contributed by atoms with E-state index in [0.717, 1.165) is 34.9 Å². The first kappa shape index (κ1) is 16.6. The van der Waals surface area contributed by atoms with Crippen molar-refractivity contribution in [2.75, 3.05) is 25.5 Å². The molecule has 24 heavy (non-hydrogen) atoms. The fourth-order valence-corrected chi connectivity index (χ4v) is 4.46. The molecule has 3 rings (SSSR count). The zero-order valence-corrected chi connectivity index (χ0v) is 14.1. The molecule has 8 nitrogen and oxygen atoms in total. The molecule has 1 saturated heterocycles. The van der Waals surface area contributed by atoms with Gasteiger partial charge in [0.05, 0.1) is 24.0 Å². The van der Waals surface area contributed by atoms with E-state index in [1.165, 1.54) is 16.2 Å². The lowest BCUT2D eigenvalue weighted by molar-refractivity contribution is -0.895. The number of rotatable bonds is 4. The van der Waals surface area contributed by atoms with Crippen molar-refractivity contribution < 1.29 is 24.1 Å². The Labute approximate surface area is 142 Å². The van der Waals surface area contributed by atoms with E-state index in [2.05, 4.69) is 12.4 Å². The molecule has 2 aliphatic rings. The van der Waals surface area contributed by atoms with Crippen molar-refractivity contribution in [3.05, 3.63) is 16.0 Å². The van der Waals surface area contributed by atoms with Gasteiger partial charge in [0.1, 0.15) is 18.1 Å². The Morgan fingerprint density at radius 3 is 2.54 bits per heavy atom. The Morgan fingerprint density at radius 2 is 1.92 bits per heavy atom. The van der Waals surface area contributed by atoms with Gasteiger partial charge in [-0.25, -0.2) is 0 Å². The van der Waals surface area contributed by atoms with E-state index >= 15 is 0 Å². The highest BCUT2D eigenvalue weighted by atomic mass is 32.1. The van der Waals surface area contributed by atoms with Crippen LogP contribution in [0.25, 0.3) is 0 Å². The molecule has 4 amide bonds. The summed E-state index contributed by atoms with van der Waals surface area (Å²) in [5, 5.41) is 3.06. The van der Waals surface area contributed by atoms with Gasteiger partial charge in [-0.1, -0.05) is 0 Å². The van der Waals surface area contributed by atoms with Gasteiger partial charge in [0.25, 0.3) is 5.91 Å². The Morgan fingerprint density at radius 1 is 1.25 bits per heavy atom. The summed E-state index contributed by atoms with van der Waals surface area (Å²) in [4.78, 5) is 50.5. The summed E-state index contributed by atoms with van der Waals surface area (Å²) < 4.78 is 0. The molecular weight excluding hydrogens is 332 g/mol. The fraction of sp³-hybridized carbons (Fsp3) is 0.467. The van der Waals surface area contributed by atoms with E-state index in [4.69, 9.17) is 5.73 Å². The van der Waals surface area contributed by atoms with Crippen LogP contribution in [0.3, 0.4) is 0 Å². The molecule has 128 valence electrons. The first-order chi connectivity index (χ1) is 11.4. The van der Waals surface area contributed by atoms with Gasteiger partial charge in [0.2, 0.25) is 17.7 Å². The summed E-state index contributed by atoms with van der Waals surface area (Å²) in [5.74, 6) is -1.77. The second kappa shape index (κ2) is 6.33. The number of amides is 4. The highest BCUT2D eigenvalue weighted by Gasteiger charge is 2.32. The van der Waals surface area contributed by atoms with Crippen LogP contribution in [-0.2, 0) is 27.3 Å². The number of nitrogens with zero attached hydrogens (tertiary/aromatic N) is 1. The zero-order valence-electron chi connectivity index (χ0n) is 13.3. The van der Waals surface area contributed by atoms with Crippen LogP contribution in [0.4, 0.5) is 5.00 Å². The maximum atomic E-state index is 12.2. The zero-order chi connectivity index (χ0) is 17.4. The molecule has 1 fully saturated rings. The van der Waals surface area contributed by atoms with Gasteiger partial charge in [0, 0.05) is 19.3 Å². The number of fused-ring (bicyclic) bond motifs is 1. The first-order valence-corrected chi connectivity index (χ1v) is 8.57. The molecule has 2 aliphatic heterocycles. The predicted octanol–water partition coefficient (Wildman–Crippen LogP) is -1.49. The average Bonchev–Trinajstić information content (AvgIpc) is 3.00. The monoisotopic (exact) mass is 351 g/mol. The van der Waals surface area contributed by atoms with Crippen LogP contribution in [0.2, 0.25) is 0 Å². The van der Waals surface area contributed by atoms with Crippen molar-refractivity contribution in [1.29, 1.82) is 0 Å². The lowest BCUT2D eigenvalue weighted by atomic mass is 10.0. The molecule has 0 aromatic carbocycles. The van der Waals surface area contributed by atoms with E-state index in [1.807, 2.05) is 0 Å². The van der Waals surface area contributed by atoms with Crippen molar-refractivity contribution in [2.45, 2.75) is 25.8 Å². The molecule has 1 unspecified atom stereocenters. The maximum absolute atomic E-state index is 12.2. The van der Waals surface area contributed by atoms with E-state index < -0.39 is 11.8 Å². The van der Waals surface area contributed by atoms with Crippen molar-refractivity contribution in [3.63, 3.8) is 0 Å². The second-order valence-electron chi connectivity index (χ2n) is 6.13. The minimum absolute atomic E-state index is 0.140. The summed E-state index contributed by atoms with van der Waals surface area (Å²) in [6, 6.07) is 0. The van der Waals surface area contributed by atoms with Gasteiger partial charge < -0.3 is 16.0 Å². The van der Waals surface area contributed by atoms with Gasteiger partial charge in [-0.2, -0.15) is 0 Å². The van der Waals surface area contributed by atoms with Crippen LogP contribution in [0.5, 0.6) is 0 Å². The molecule has 4 N–H and O–H groups in total. The molecular formula is C15H19N4O4S+. The molecule has 0 aliphatic carbocycles. The Kier molecular flexibility index (Phi) is 4.37. The molecule has 1 atom stereocenters. The second-order valence-corrected chi connectivity index (χ2v) is 7.23. The molecule has 0 bridgehead atoms. The van der Waals surface area contributed by atoms with E-state index in [0.29, 0.717) is 10.6 Å². The molecule has 0 saturated carbocycles. The van der Waals surface area contributed by atoms with Crippen LogP contribution < -0.4 is 16.0 Å². The van der Waals surface area contributed by atoms with E-state index in [-0.39, 0.29) is 31.2 Å². The smallest absolute Gasteiger partial charge is 0.252 e. The fourth-order valence-electron chi connectivity index (χ4n) is 3.08. The Hall–Kier alpha value is -2.26. The minimum Gasteiger partial charge on any atom is -0.365 e. The van der Waals surface area contributed by atoms with Crippen LogP contribution in [0.1, 0.15) is 33.6 Å². The number of quaternary nitrogens is 1. The number of carbonyl (C=O) groups excluding carboxylic acids is 4. The number of thiophene rings is 1. The maximum Gasteiger partial charge on any atom is 0.252 e. The number of primary amides is 1. The molecule has 1 aromatic heterocycles. The molecule has 9 heteroatoms. The Balaban J connectivity index is 1.79. The highest BCUT2D eigenvalue weighted by Crippen LogP contribution is 2.34. The summed E-state index contributed by atoms with van der Waals surface area (Å²) in [5.41, 5.74) is 6.75. The summed E-state index contributed by atoms with van der Waals surface area (Å²) >= 11 is 1.34. The largest absolute Gasteiger partial charge is 0.365 e. The number of imide groups is 1. The van der Waals surface area contributed by atoms with Crippen molar-refractivity contribution in [1.82, 2.24) is 4.90 Å². The normalized spacial score (nSPS) is 20.2. The summed E-state index contributed by atoms with van der Waals surface area (Å²) in [7, 11) is 2.06. The topological polar surface area (TPSA) is 114 Å².